The molecule has 0 bridgehead atoms. The number of nitrogens with zero attached hydrogens (tertiary/aromatic N) is 1. The van der Waals surface area contributed by atoms with E-state index in [9.17, 15) is 4.79 Å². The van der Waals surface area contributed by atoms with Crippen molar-refractivity contribution >= 4 is 23.2 Å². The molecule has 2 N–H and O–H groups in total. The smallest absolute Gasteiger partial charge is 0.228 e. The molecule has 0 fully saturated rings. The van der Waals surface area contributed by atoms with Crippen LogP contribution < -0.4 is 10.6 Å². The van der Waals surface area contributed by atoms with Gasteiger partial charge in [0.1, 0.15) is 0 Å². The van der Waals surface area contributed by atoms with E-state index in [0.717, 1.165) is 6.54 Å². The quantitative estimate of drug-likeness (QED) is 0.859. The van der Waals surface area contributed by atoms with Crippen LogP contribution in [0.25, 0.3) is 0 Å². The molecule has 1 aromatic rings. The summed E-state index contributed by atoms with van der Waals surface area (Å²) in [5, 5.41) is 15.1. The number of rotatable bonds is 5. The number of benzene rings is 1. The minimum atomic E-state index is -0.160. The first-order valence-electron chi connectivity index (χ1n) is 5.79. The van der Waals surface area contributed by atoms with Crippen molar-refractivity contribution in [3.05, 3.63) is 28.8 Å². The van der Waals surface area contributed by atoms with Gasteiger partial charge in [0.25, 0.3) is 0 Å². The monoisotopic (exact) mass is 265 g/mol. The molecular formula is C13H16ClN3O. The third-order valence-electron chi connectivity index (χ3n) is 2.50. The minimum absolute atomic E-state index is 0.118. The fourth-order valence-electron chi connectivity index (χ4n) is 1.40. The van der Waals surface area contributed by atoms with Gasteiger partial charge in [-0.3, -0.25) is 4.79 Å². The van der Waals surface area contributed by atoms with E-state index in [-0.39, 0.29) is 11.8 Å². The van der Waals surface area contributed by atoms with E-state index < -0.39 is 0 Å². The Hall–Kier alpha value is -1.57. The van der Waals surface area contributed by atoms with Gasteiger partial charge in [-0.25, -0.2) is 0 Å². The van der Waals surface area contributed by atoms with Crippen LogP contribution in [0.3, 0.4) is 0 Å². The van der Waals surface area contributed by atoms with E-state index in [4.69, 9.17) is 16.9 Å². The predicted molar refractivity (Wildman–Crippen MR) is 72.5 cm³/mol. The van der Waals surface area contributed by atoms with E-state index >= 15 is 0 Å². The molecule has 18 heavy (non-hydrogen) atoms. The van der Waals surface area contributed by atoms with Crippen LogP contribution in [0, 0.1) is 17.2 Å². The van der Waals surface area contributed by atoms with E-state index in [0.29, 0.717) is 22.8 Å². The molecule has 96 valence electrons. The number of hydrogen-bond donors (Lipinski definition) is 2. The maximum atomic E-state index is 11.9. The summed E-state index contributed by atoms with van der Waals surface area (Å²) in [5.74, 6) is -0.278. The average molecular weight is 266 g/mol. The van der Waals surface area contributed by atoms with E-state index in [1.54, 1.807) is 18.2 Å². The first-order chi connectivity index (χ1) is 8.58. The average Bonchev–Trinajstić information content (AvgIpc) is 2.38. The highest BCUT2D eigenvalue weighted by molar-refractivity contribution is 6.33. The molecular weight excluding hydrogens is 250 g/mol. The molecule has 1 unspecified atom stereocenters. The summed E-state index contributed by atoms with van der Waals surface area (Å²) in [4.78, 5) is 11.9. The number of nitriles is 1. The van der Waals surface area contributed by atoms with Crippen molar-refractivity contribution in [1.29, 1.82) is 5.26 Å². The third-order valence-corrected chi connectivity index (χ3v) is 2.83. The number of anilines is 1. The summed E-state index contributed by atoms with van der Waals surface area (Å²) in [6.07, 6.45) is 0. The van der Waals surface area contributed by atoms with Crippen molar-refractivity contribution in [2.45, 2.75) is 13.8 Å². The molecule has 1 atom stereocenters. The zero-order chi connectivity index (χ0) is 13.5. The fraction of sp³-hybridized carbons (Fsp3) is 0.385. The number of carbonyl (C=O) groups excluding carboxylic acids is 1. The standard InChI is InChI=1S/C13H16ClN3O/c1-3-16-8-9(2)13(18)17-12-6-10(7-15)4-5-11(12)14/h4-6,9,16H,3,8H2,1-2H3,(H,17,18). The molecule has 1 rings (SSSR count). The Labute approximate surface area is 112 Å². The van der Waals surface area contributed by atoms with Gasteiger partial charge in [-0.15, -0.1) is 0 Å². The molecule has 4 nitrogen and oxygen atoms in total. The zero-order valence-corrected chi connectivity index (χ0v) is 11.2. The van der Waals surface area contributed by atoms with Crippen molar-refractivity contribution in [3.63, 3.8) is 0 Å². The topological polar surface area (TPSA) is 64.9 Å². The summed E-state index contributed by atoms with van der Waals surface area (Å²) >= 11 is 5.97. The van der Waals surface area contributed by atoms with Crippen molar-refractivity contribution in [1.82, 2.24) is 5.32 Å². The van der Waals surface area contributed by atoms with Crippen molar-refractivity contribution in [2.24, 2.45) is 5.92 Å². The van der Waals surface area contributed by atoms with Crippen LogP contribution in [-0.4, -0.2) is 19.0 Å². The van der Waals surface area contributed by atoms with Gasteiger partial charge in [0.2, 0.25) is 5.91 Å². The summed E-state index contributed by atoms with van der Waals surface area (Å²) in [6.45, 7) is 5.25. The maximum absolute atomic E-state index is 11.9. The molecule has 0 saturated heterocycles. The molecule has 0 spiro atoms. The molecule has 1 aromatic carbocycles. The lowest BCUT2D eigenvalue weighted by Gasteiger charge is -2.13. The largest absolute Gasteiger partial charge is 0.324 e. The molecule has 0 radical (unpaired) electrons. The Morgan fingerprint density at radius 2 is 2.28 bits per heavy atom. The van der Waals surface area contributed by atoms with Crippen LogP contribution in [0.1, 0.15) is 19.4 Å². The zero-order valence-electron chi connectivity index (χ0n) is 10.5. The van der Waals surface area contributed by atoms with Crippen LogP contribution in [-0.2, 0) is 4.79 Å². The first-order valence-corrected chi connectivity index (χ1v) is 6.17. The lowest BCUT2D eigenvalue weighted by molar-refractivity contribution is -0.119. The van der Waals surface area contributed by atoms with E-state index in [1.165, 1.54) is 0 Å². The van der Waals surface area contributed by atoms with Crippen molar-refractivity contribution < 1.29 is 4.79 Å². The van der Waals surface area contributed by atoms with Gasteiger partial charge in [0, 0.05) is 12.5 Å². The Balaban J connectivity index is 2.72. The van der Waals surface area contributed by atoms with Gasteiger partial charge in [0.05, 0.1) is 22.3 Å². The highest BCUT2D eigenvalue weighted by Crippen LogP contribution is 2.23. The molecule has 0 aromatic heterocycles. The number of carbonyl (C=O) groups is 1. The Morgan fingerprint density at radius 3 is 2.89 bits per heavy atom. The first kappa shape index (κ1) is 14.5. The molecule has 5 heteroatoms. The van der Waals surface area contributed by atoms with Gasteiger partial charge in [-0.1, -0.05) is 25.4 Å². The number of nitrogens with one attached hydrogen (secondary N) is 2. The van der Waals surface area contributed by atoms with Gasteiger partial charge < -0.3 is 10.6 Å². The Morgan fingerprint density at radius 1 is 1.56 bits per heavy atom. The van der Waals surface area contributed by atoms with Gasteiger partial charge >= 0.3 is 0 Å². The second-order valence-electron chi connectivity index (χ2n) is 4.00. The third kappa shape index (κ3) is 4.02. The molecule has 0 aliphatic carbocycles. The highest BCUT2D eigenvalue weighted by atomic mass is 35.5. The van der Waals surface area contributed by atoms with Crippen molar-refractivity contribution in [3.8, 4) is 6.07 Å². The number of halogens is 1. The fourth-order valence-corrected chi connectivity index (χ4v) is 1.56. The van der Waals surface area contributed by atoms with E-state index in [1.807, 2.05) is 19.9 Å². The minimum Gasteiger partial charge on any atom is -0.324 e. The second kappa shape index (κ2) is 7.00. The van der Waals surface area contributed by atoms with Gasteiger partial charge in [-0.05, 0) is 24.7 Å². The summed E-state index contributed by atoms with van der Waals surface area (Å²) in [5.41, 5.74) is 0.943. The van der Waals surface area contributed by atoms with Crippen LogP contribution in [0.5, 0.6) is 0 Å². The SMILES string of the molecule is CCNCC(C)C(=O)Nc1cc(C#N)ccc1Cl. The van der Waals surface area contributed by atoms with Crippen LogP contribution >= 0.6 is 11.6 Å². The summed E-state index contributed by atoms with van der Waals surface area (Å²) < 4.78 is 0. The van der Waals surface area contributed by atoms with E-state index in [2.05, 4.69) is 10.6 Å². The molecule has 0 aliphatic heterocycles. The lowest BCUT2D eigenvalue weighted by Crippen LogP contribution is -2.30. The predicted octanol–water partition coefficient (Wildman–Crippen LogP) is 2.40. The summed E-state index contributed by atoms with van der Waals surface area (Å²) in [6, 6.07) is 6.79. The molecule has 0 aliphatic rings. The van der Waals surface area contributed by atoms with Crippen LogP contribution in [0.15, 0.2) is 18.2 Å². The highest BCUT2D eigenvalue weighted by Gasteiger charge is 2.14. The normalized spacial score (nSPS) is 11.7. The summed E-state index contributed by atoms with van der Waals surface area (Å²) in [7, 11) is 0. The van der Waals surface area contributed by atoms with Crippen molar-refractivity contribution in [2.75, 3.05) is 18.4 Å². The molecule has 1 amide bonds. The number of hydrogen-bond acceptors (Lipinski definition) is 3. The maximum Gasteiger partial charge on any atom is 0.228 e. The van der Waals surface area contributed by atoms with Gasteiger partial charge in [0.15, 0.2) is 0 Å². The molecule has 0 saturated carbocycles. The Bertz CT molecular complexity index is 468. The second-order valence-corrected chi connectivity index (χ2v) is 4.41. The van der Waals surface area contributed by atoms with Crippen LogP contribution in [0.4, 0.5) is 5.69 Å². The lowest BCUT2D eigenvalue weighted by atomic mass is 10.1. The van der Waals surface area contributed by atoms with Gasteiger partial charge in [-0.2, -0.15) is 5.26 Å². The Kier molecular flexibility index (Phi) is 5.63. The molecule has 0 heterocycles. The van der Waals surface area contributed by atoms with Crippen LogP contribution in [0.2, 0.25) is 5.02 Å². The number of amides is 1.